The monoisotopic (exact) mass is 225 g/mol. The lowest BCUT2D eigenvalue weighted by Crippen LogP contribution is -2.20. The highest BCUT2D eigenvalue weighted by molar-refractivity contribution is 4.77. The van der Waals surface area contributed by atoms with E-state index in [1.807, 2.05) is 0 Å². The van der Waals surface area contributed by atoms with Gasteiger partial charge in [0, 0.05) is 0 Å². The Morgan fingerprint density at radius 2 is 2.13 bits per heavy atom. The first-order chi connectivity index (χ1) is 7.03. The summed E-state index contributed by atoms with van der Waals surface area (Å²) in [6, 6.07) is 0. The fraction of sp³-hybridized carbons (Fsp3) is 0.833. The van der Waals surface area contributed by atoms with Crippen molar-refractivity contribution in [1.29, 1.82) is 0 Å². The Hall–Kier alpha value is -1.22. The number of nitrogens with zero attached hydrogens (tertiary/aromatic N) is 4. The molecule has 0 saturated carbocycles. The topological polar surface area (TPSA) is 78.9 Å². The maximum Gasteiger partial charge on any atom is 0.411 e. The summed E-state index contributed by atoms with van der Waals surface area (Å²) in [5.41, 5.74) is 5.28. The van der Waals surface area contributed by atoms with E-state index in [2.05, 4.69) is 20.3 Å². The molecule has 0 aliphatic rings. The highest BCUT2D eigenvalue weighted by Gasteiger charge is 2.27. The van der Waals surface area contributed by atoms with E-state index in [1.54, 1.807) is 0 Å². The predicted molar refractivity (Wildman–Crippen MR) is 42.6 cm³/mol. The van der Waals surface area contributed by atoms with Crippen LogP contribution in [0.1, 0.15) is 5.82 Å². The van der Waals surface area contributed by atoms with Crippen molar-refractivity contribution in [2.24, 2.45) is 5.73 Å². The van der Waals surface area contributed by atoms with E-state index < -0.39 is 12.8 Å². The second kappa shape index (κ2) is 5.03. The van der Waals surface area contributed by atoms with Crippen molar-refractivity contribution in [2.45, 2.75) is 19.3 Å². The standard InChI is InChI=1S/C6H10F3N5O/c7-6(8,9)4-15-2-1-14-5(3-10)11-12-13-14/h1-4,10H2. The van der Waals surface area contributed by atoms with Crippen molar-refractivity contribution in [1.82, 2.24) is 20.2 Å². The quantitative estimate of drug-likeness (QED) is 0.696. The normalized spacial score (nSPS) is 12.0. The van der Waals surface area contributed by atoms with E-state index >= 15 is 0 Å². The van der Waals surface area contributed by atoms with Gasteiger partial charge >= 0.3 is 6.18 Å². The van der Waals surface area contributed by atoms with Gasteiger partial charge in [-0.3, -0.25) is 0 Å². The van der Waals surface area contributed by atoms with Gasteiger partial charge in [0.05, 0.1) is 19.7 Å². The van der Waals surface area contributed by atoms with Gasteiger partial charge < -0.3 is 10.5 Å². The molecule has 2 N–H and O–H groups in total. The van der Waals surface area contributed by atoms with Gasteiger partial charge in [0.25, 0.3) is 0 Å². The average molecular weight is 225 g/mol. The molecule has 0 atom stereocenters. The molecule has 1 aromatic heterocycles. The lowest BCUT2D eigenvalue weighted by Gasteiger charge is -2.07. The number of nitrogens with two attached hydrogens (primary N) is 1. The largest absolute Gasteiger partial charge is 0.411 e. The van der Waals surface area contributed by atoms with Crippen molar-refractivity contribution in [2.75, 3.05) is 13.2 Å². The zero-order chi connectivity index (χ0) is 11.3. The van der Waals surface area contributed by atoms with Crippen LogP contribution in [0.2, 0.25) is 0 Å². The van der Waals surface area contributed by atoms with Crippen molar-refractivity contribution < 1.29 is 17.9 Å². The molecular weight excluding hydrogens is 215 g/mol. The Kier molecular flexibility index (Phi) is 3.97. The molecule has 0 fully saturated rings. The van der Waals surface area contributed by atoms with Crippen LogP contribution in [-0.4, -0.2) is 39.6 Å². The molecule has 9 heteroatoms. The zero-order valence-corrected chi connectivity index (χ0v) is 7.74. The summed E-state index contributed by atoms with van der Waals surface area (Å²) in [6.07, 6.45) is -4.31. The predicted octanol–water partition coefficient (Wildman–Crippen LogP) is -0.289. The lowest BCUT2D eigenvalue weighted by molar-refractivity contribution is -0.174. The number of tetrazole rings is 1. The van der Waals surface area contributed by atoms with Gasteiger partial charge in [0.15, 0.2) is 5.82 Å². The third-order valence-electron chi connectivity index (χ3n) is 1.50. The first kappa shape index (κ1) is 11.9. The molecule has 0 unspecified atom stereocenters. The molecule has 1 heterocycles. The van der Waals surface area contributed by atoms with Crippen LogP contribution in [0.4, 0.5) is 13.2 Å². The van der Waals surface area contributed by atoms with Crippen LogP contribution < -0.4 is 5.73 Å². The molecule has 0 saturated heterocycles. The molecule has 1 rings (SSSR count). The number of alkyl halides is 3. The highest BCUT2D eigenvalue weighted by atomic mass is 19.4. The fourth-order valence-corrected chi connectivity index (χ4v) is 0.882. The summed E-state index contributed by atoms with van der Waals surface area (Å²) in [5, 5.41) is 10.4. The molecule has 15 heavy (non-hydrogen) atoms. The minimum Gasteiger partial charge on any atom is -0.370 e. The number of rotatable bonds is 5. The van der Waals surface area contributed by atoms with Crippen molar-refractivity contribution in [3.8, 4) is 0 Å². The Bertz CT molecular complexity index is 299. The third kappa shape index (κ3) is 4.21. The van der Waals surface area contributed by atoms with Gasteiger partial charge in [0.1, 0.15) is 6.61 Å². The Balaban J connectivity index is 2.26. The van der Waals surface area contributed by atoms with Gasteiger partial charge in [-0.15, -0.1) is 5.10 Å². The number of hydrogen-bond donors (Lipinski definition) is 1. The van der Waals surface area contributed by atoms with Crippen LogP contribution >= 0.6 is 0 Å². The smallest absolute Gasteiger partial charge is 0.370 e. The Morgan fingerprint density at radius 1 is 1.40 bits per heavy atom. The van der Waals surface area contributed by atoms with Crippen LogP contribution in [-0.2, 0) is 17.8 Å². The van der Waals surface area contributed by atoms with E-state index in [4.69, 9.17) is 5.73 Å². The zero-order valence-electron chi connectivity index (χ0n) is 7.74. The molecule has 0 bridgehead atoms. The lowest BCUT2D eigenvalue weighted by atomic mass is 10.6. The SMILES string of the molecule is NCc1nnnn1CCOCC(F)(F)F. The van der Waals surface area contributed by atoms with Crippen molar-refractivity contribution in [3.63, 3.8) is 0 Å². The van der Waals surface area contributed by atoms with E-state index in [9.17, 15) is 13.2 Å². The highest BCUT2D eigenvalue weighted by Crippen LogP contribution is 2.14. The third-order valence-corrected chi connectivity index (χ3v) is 1.50. The minimum absolute atomic E-state index is 0.114. The van der Waals surface area contributed by atoms with E-state index in [0.717, 1.165) is 0 Å². The van der Waals surface area contributed by atoms with E-state index in [1.165, 1.54) is 4.68 Å². The first-order valence-corrected chi connectivity index (χ1v) is 4.12. The minimum atomic E-state index is -4.31. The number of ether oxygens (including phenoxy) is 1. The molecule has 6 nitrogen and oxygen atoms in total. The van der Waals surface area contributed by atoms with Crippen LogP contribution in [0.5, 0.6) is 0 Å². The molecule has 0 spiro atoms. The first-order valence-electron chi connectivity index (χ1n) is 4.12. The molecule has 0 aromatic carbocycles. The van der Waals surface area contributed by atoms with Crippen molar-refractivity contribution in [3.05, 3.63) is 5.82 Å². The Morgan fingerprint density at radius 3 is 2.73 bits per heavy atom. The number of hydrogen-bond acceptors (Lipinski definition) is 5. The number of aromatic nitrogens is 4. The van der Waals surface area contributed by atoms with Gasteiger partial charge in [-0.1, -0.05) is 0 Å². The van der Waals surface area contributed by atoms with Gasteiger partial charge in [-0.2, -0.15) is 13.2 Å². The molecule has 0 aliphatic carbocycles. The van der Waals surface area contributed by atoms with Crippen LogP contribution in [0.25, 0.3) is 0 Å². The van der Waals surface area contributed by atoms with Crippen LogP contribution in [0, 0.1) is 0 Å². The molecule has 1 aromatic rings. The number of halogens is 3. The summed E-state index contributed by atoms with van der Waals surface area (Å²) >= 11 is 0. The molecule has 86 valence electrons. The maximum absolute atomic E-state index is 11.7. The second-order valence-corrected chi connectivity index (χ2v) is 2.69. The molecular formula is C6H10F3N5O. The fourth-order valence-electron chi connectivity index (χ4n) is 0.882. The molecule has 0 amide bonds. The second-order valence-electron chi connectivity index (χ2n) is 2.69. The van der Waals surface area contributed by atoms with E-state index in [-0.39, 0.29) is 19.7 Å². The summed E-state index contributed by atoms with van der Waals surface area (Å²) in [6.45, 7) is -1.10. The summed E-state index contributed by atoms with van der Waals surface area (Å²) in [7, 11) is 0. The summed E-state index contributed by atoms with van der Waals surface area (Å²) in [4.78, 5) is 0. The van der Waals surface area contributed by atoms with Crippen LogP contribution in [0.3, 0.4) is 0 Å². The van der Waals surface area contributed by atoms with Crippen LogP contribution in [0.15, 0.2) is 0 Å². The average Bonchev–Trinajstić information content (AvgIpc) is 2.58. The maximum atomic E-state index is 11.7. The van der Waals surface area contributed by atoms with Gasteiger partial charge in [-0.05, 0) is 10.4 Å². The molecule has 0 radical (unpaired) electrons. The Labute approximate surface area is 83.2 Å². The van der Waals surface area contributed by atoms with E-state index in [0.29, 0.717) is 5.82 Å². The molecule has 0 aliphatic heterocycles. The van der Waals surface area contributed by atoms with Crippen molar-refractivity contribution >= 4 is 0 Å². The van der Waals surface area contributed by atoms with Gasteiger partial charge in [0.2, 0.25) is 0 Å². The van der Waals surface area contributed by atoms with Gasteiger partial charge in [-0.25, -0.2) is 4.68 Å². The summed E-state index contributed by atoms with van der Waals surface area (Å²) < 4.78 is 40.7. The summed E-state index contributed by atoms with van der Waals surface area (Å²) in [5.74, 6) is 0.408.